The Labute approximate surface area is 281 Å². The summed E-state index contributed by atoms with van der Waals surface area (Å²) in [6, 6.07) is 7.69. The monoisotopic (exact) mass is 710 g/mol. The van der Waals surface area contributed by atoms with Crippen LogP contribution in [0.5, 0.6) is 11.5 Å². The van der Waals surface area contributed by atoms with E-state index in [2.05, 4.69) is 0 Å². The fourth-order valence-electron chi connectivity index (χ4n) is 4.92. The van der Waals surface area contributed by atoms with E-state index in [0.29, 0.717) is 37.2 Å². The molecule has 8 nitrogen and oxygen atoms in total. The zero-order valence-electron chi connectivity index (χ0n) is 29.1. The molecule has 2 N–H and O–H groups in total. The minimum atomic E-state index is -4.45. The van der Waals surface area contributed by atoms with E-state index in [9.17, 15) is 38.9 Å². The molecule has 0 radical (unpaired) electrons. The van der Waals surface area contributed by atoms with E-state index >= 15 is 0 Å². The molecule has 0 atom stereocenters. The summed E-state index contributed by atoms with van der Waals surface area (Å²) in [6.07, 6.45) is 0.986. The molecular weight excluding hydrogens is 657 g/mol. The molecule has 2 aromatic rings. The van der Waals surface area contributed by atoms with Crippen LogP contribution in [0, 0.1) is 0 Å². The molecule has 0 bridgehead atoms. The van der Waals surface area contributed by atoms with Crippen molar-refractivity contribution in [2.45, 2.75) is 130 Å². The van der Waals surface area contributed by atoms with E-state index in [1.54, 1.807) is 0 Å². The Morgan fingerprint density at radius 1 is 0.511 bits per heavy atom. The van der Waals surface area contributed by atoms with Gasteiger partial charge in [-0.3, -0.25) is 0 Å². The van der Waals surface area contributed by atoms with Crippen LogP contribution >= 0.6 is 15.2 Å². The molecule has 0 fully saturated rings. The van der Waals surface area contributed by atoms with Crippen LogP contribution in [0.4, 0.5) is 0 Å². The molecule has 0 amide bonds. The van der Waals surface area contributed by atoms with Gasteiger partial charge in [0.05, 0.1) is 0 Å². The molecule has 0 unspecified atom stereocenters. The number of benzene rings is 2. The van der Waals surface area contributed by atoms with Crippen LogP contribution in [0.25, 0.3) is 0 Å². The van der Waals surface area contributed by atoms with Crippen molar-refractivity contribution in [2.75, 3.05) is 12.3 Å². The number of phenolic OH excluding ortho intramolecular Hbond substituents is 2. The Morgan fingerprint density at radius 3 is 0.867 bits per heavy atom. The summed E-state index contributed by atoms with van der Waals surface area (Å²) in [5, 5.41) is 21.2. The quantitative estimate of drug-likeness (QED) is 0.261. The van der Waals surface area contributed by atoms with Gasteiger partial charge in [0.15, 0.2) is 0 Å². The van der Waals surface area contributed by atoms with Crippen LogP contribution in [0.1, 0.15) is 129 Å². The molecule has 0 aliphatic carbocycles. The Morgan fingerprint density at radius 2 is 0.711 bits per heavy atom. The average molecular weight is 711 g/mol. The van der Waals surface area contributed by atoms with Crippen LogP contribution < -0.4 is 19.6 Å². The van der Waals surface area contributed by atoms with Crippen molar-refractivity contribution in [2.24, 2.45) is 0 Å². The van der Waals surface area contributed by atoms with Crippen molar-refractivity contribution in [3.8, 4) is 11.5 Å². The Kier molecular flexibility index (Phi) is 15.4. The van der Waals surface area contributed by atoms with E-state index in [4.69, 9.17) is 0 Å². The summed E-state index contributed by atoms with van der Waals surface area (Å²) in [5.74, 6) is 0.615. The zero-order valence-corrected chi connectivity index (χ0v) is 31.9. The van der Waals surface area contributed by atoms with Gasteiger partial charge in [-0.2, -0.15) is 0 Å². The average Bonchev–Trinajstić information content (AvgIpc) is 2.76. The minimum Gasteiger partial charge on any atom is -0.811 e. The molecule has 0 aliphatic heterocycles. The third-order valence-electron chi connectivity index (χ3n) is 7.37. The molecule has 2 aromatic carbocycles. The van der Waals surface area contributed by atoms with Crippen molar-refractivity contribution in [1.29, 1.82) is 0 Å². The maximum atomic E-state index is 10.8. The fraction of sp³-hybridized carbons (Fsp3) is 0.647. The Bertz CT molecular complexity index is 1190. The van der Waals surface area contributed by atoms with E-state index in [0.717, 1.165) is 33.4 Å². The van der Waals surface area contributed by atoms with Gasteiger partial charge < -0.3 is 38.9 Å². The molecule has 45 heavy (non-hydrogen) atoms. The minimum absolute atomic E-state index is 0. The van der Waals surface area contributed by atoms with Crippen molar-refractivity contribution >= 4 is 15.2 Å². The molecule has 0 saturated carbocycles. The maximum Gasteiger partial charge on any atom is 0.123 e. The number of hydrogen-bond donors (Lipinski definition) is 2. The third-order valence-corrected chi connectivity index (χ3v) is 9.09. The molecule has 11 heteroatoms. The van der Waals surface area contributed by atoms with Crippen LogP contribution in [0.3, 0.4) is 0 Å². The maximum absolute atomic E-state index is 10.8. The molecule has 0 saturated heterocycles. The Hall–Kier alpha value is -1.17. The summed E-state index contributed by atoms with van der Waals surface area (Å²) < 4.78 is 21.5. The summed E-state index contributed by atoms with van der Waals surface area (Å²) in [4.78, 5) is 43.0. The van der Waals surface area contributed by atoms with E-state index in [1.807, 2.05) is 107 Å². The number of hydrogen-bond acceptors (Lipinski definition) is 8. The van der Waals surface area contributed by atoms with Crippen LogP contribution in [0.15, 0.2) is 24.3 Å². The molecule has 0 aliphatic rings. The molecular formula is C34H54NiO8P2-4. The molecule has 2 rings (SSSR count). The van der Waals surface area contributed by atoms with Crippen molar-refractivity contribution in [3.63, 3.8) is 0 Å². The second kappa shape index (κ2) is 15.8. The number of aryl methyl sites for hydroxylation is 2. The third kappa shape index (κ3) is 15.1. The number of rotatable bonds is 8. The number of aromatic hydroxyl groups is 2. The first-order valence-corrected chi connectivity index (χ1v) is 18.6. The van der Waals surface area contributed by atoms with Gasteiger partial charge in [-0.1, -0.05) is 123 Å². The summed E-state index contributed by atoms with van der Waals surface area (Å²) in [6.45, 7) is 24.4. The summed E-state index contributed by atoms with van der Waals surface area (Å²) >= 11 is 0. The van der Waals surface area contributed by atoms with E-state index in [-0.39, 0.29) is 50.5 Å². The van der Waals surface area contributed by atoms with Gasteiger partial charge in [-0.25, -0.2) is 0 Å². The van der Waals surface area contributed by atoms with E-state index in [1.165, 1.54) is 0 Å². The standard InChI is InChI=1S/2C17H29O4P.Ni/c2*1-16(2,3)13-10-12(8-7-9-22(19,20)21)11-14(15(13)18)17(4,5)6;/h2*10-11,18H,7-9H2,1-6H3,(H2,19,20,21);/p-4. The van der Waals surface area contributed by atoms with Gasteiger partial charge in [0.2, 0.25) is 0 Å². The summed E-state index contributed by atoms with van der Waals surface area (Å²) in [5.41, 5.74) is 4.45. The van der Waals surface area contributed by atoms with Gasteiger partial charge >= 0.3 is 0 Å². The van der Waals surface area contributed by atoms with Crippen molar-refractivity contribution in [3.05, 3.63) is 57.6 Å². The summed E-state index contributed by atoms with van der Waals surface area (Å²) in [7, 11) is -8.90. The largest absolute Gasteiger partial charge is 0.811 e. The first kappa shape index (κ1) is 43.8. The SMILES string of the molecule is CC(C)(C)c1cc(CCCP(=O)([O-])[O-])cc(C(C)(C)C)c1O.CC(C)(C)c1cc(CCCP(=O)([O-])[O-])cc(C(C)(C)C)c1O.[Ni]. The molecule has 0 spiro atoms. The molecule has 0 heterocycles. The Balaban J connectivity index is 0.000000842. The number of phenols is 2. The van der Waals surface area contributed by atoms with E-state index < -0.39 is 15.2 Å². The zero-order chi connectivity index (χ0) is 34.7. The van der Waals surface area contributed by atoms with Gasteiger partial charge in [0, 0.05) is 16.5 Å². The molecule has 262 valence electrons. The predicted octanol–water partition coefficient (Wildman–Crippen LogP) is 5.66. The van der Waals surface area contributed by atoms with Crippen LogP contribution in [-0.4, -0.2) is 22.5 Å². The van der Waals surface area contributed by atoms with Gasteiger partial charge in [0.25, 0.3) is 0 Å². The second-order valence-corrected chi connectivity index (χ2v) is 19.3. The van der Waals surface area contributed by atoms with Crippen LogP contribution in [-0.2, 0) is 60.1 Å². The predicted molar refractivity (Wildman–Crippen MR) is 173 cm³/mol. The van der Waals surface area contributed by atoms with Crippen LogP contribution in [0.2, 0.25) is 0 Å². The van der Waals surface area contributed by atoms with Gasteiger partial charge in [-0.15, -0.1) is 0 Å². The normalized spacial score (nSPS) is 13.2. The first-order chi connectivity index (χ1) is 19.4. The fourth-order valence-corrected chi connectivity index (χ4v) is 6.01. The topological polar surface area (TPSA) is 167 Å². The van der Waals surface area contributed by atoms with Gasteiger partial charge in [0.1, 0.15) is 11.5 Å². The first-order valence-electron chi connectivity index (χ1n) is 15.2. The van der Waals surface area contributed by atoms with Crippen molar-refractivity contribution in [1.82, 2.24) is 0 Å². The smallest absolute Gasteiger partial charge is 0.123 e. The molecule has 0 aromatic heterocycles. The van der Waals surface area contributed by atoms with Crippen molar-refractivity contribution < 1.29 is 55.4 Å². The van der Waals surface area contributed by atoms with Gasteiger partial charge in [-0.05, 0) is 93.0 Å². The second-order valence-electron chi connectivity index (χ2n) is 16.0.